The van der Waals surface area contributed by atoms with E-state index in [1.54, 1.807) is 28.9 Å². The summed E-state index contributed by atoms with van der Waals surface area (Å²) in [5.74, 6) is -2.26. The van der Waals surface area contributed by atoms with Gasteiger partial charge in [0.15, 0.2) is 0 Å². The number of nitrogens with zero attached hydrogens (tertiary/aromatic N) is 5. The molecule has 0 bridgehead atoms. The first-order valence-corrected chi connectivity index (χ1v) is 16.8. The van der Waals surface area contributed by atoms with E-state index < -0.39 is 11.9 Å². The average Bonchev–Trinajstić information content (AvgIpc) is 3.83. The van der Waals surface area contributed by atoms with Gasteiger partial charge in [-0.25, -0.2) is 14.6 Å². The van der Waals surface area contributed by atoms with Crippen molar-refractivity contribution >= 4 is 71.4 Å². The first-order chi connectivity index (χ1) is 23.8. The molecule has 9 nitrogen and oxygen atoms in total. The molecule has 11 heteroatoms. The molecular formula is C38H25N5O4S2. The van der Waals surface area contributed by atoms with Crippen molar-refractivity contribution < 1.29 is 19.8 Å². The molecular weight excluding hydrogens is 655 g/mol. The minimum absolute atomic E-state index is 0.00691. The lowest BCUT2D eigenvalue weighted by atomic mass is 10.1. The third-order valence-corrected chi connectivity index (χ3v) is 10.7. The molecule has 8 rings (SSSR count). The number of pyridine rings is 3. The van der Waals surface area contributed by atoms with Crippen LogP contribution in [-0.4, -0.2) is 41.7 Å². The molecule has 0 aliphatic heterocycles. The Hall–Kier alpha value is -6.17. The van der Waals surface area contributed by atoms with Gasteiger partial charge in [-0.3, -0.25) is 9.97 Å². The number of aromatic nitrogens is 4. The van der Waals surface area contributed by atoms with Crippen LogP contribution in [0.15, 0.2) is 122 Å². The van der Waals surface area contributed by atoms with Gasteiger partial charge in [-0.2, -0.15) is 0 Å². The predicted octanol–water partition coefficient (Wildman–Crippen LogP) is 9.51. The fourth-order valence-electron chi connectivity index (χ4n) is 5.86. The molecule has 49 heavy (non-hydrogen) atoms. The zero-order valence-corrected chi connectivity index (χ0v) is 27.4. The van der Waals surface area contributed by atoms with Crippen molar-refractivity contribution in [2.45, 2.75) is 0 Å². The van der Waals surface area contributed by atoms with E-state index in [4.69, 9.17) is 0 Å². The monoisotopic (exact) mass is 679 g/mol. The summed E-state index contributed by atoms with van der Waals surface area (Å²) in [5.41, 5.74) is 6.70. The lowest BCUT2D eigenvalue weighted by Gasteiger charge is -2.23. The van der Waals surface area contributed by atoms with Gasteiger partial charge in [0.1, 0.15) is 5.00 Å². The van der Waals surface area contributed by atoms with Gasteiger partial charge in [-0.05, 0) is 78.4 Å². The van der Waals surface area contributed by atoms with Gasteiger partial charge in [0, 0.05) is 35.7 Å². The Morgan fingerprint density at radius 3 is 1.82 bits per heavy atom. The molecule has 0 unspecified atom stereocenters. The number of carbonyl (C=O) groups is 2. The van der Waals surface area contributed by atoms with Crippen LogP contribution in [-0.2, 0) is 7.05 Å². The molecule has 0 amide bonds. The summed E-state index contributed by atoms with van der Waals surface area (Å²) in [7, 11) is 2.08. The van der Waals surface area contributed by atoms with Crippen molar-refractivity contribution in [1.29, 1.82) is 0 Å². The normalized spacial score (nSPS) is 11.3. The van der Waals surface area contributed by atoms with Crippen LogP contribution in [0, 0.1) is 0 Å². The summed E-state index contributed by atoms with van der Waals surface area (Å²) in [6.07, 6.45) is 3.05. The summed E-state index contributed by atoms with van der Waals surface area (Å²) >= 11 is 3.45. The minimum atomic E-state index is -1.14. The van der Waals surface area contributed by atoms with Gasteiger partial charge < -0.3 is 19.7 Å². The molecule has 0 aliphatic rings. The van der Waals surface area contributed by atoms with Crippen LogP contribution in [0.5, 0.6) is 0 Å². The molecule has 0 radical (unpaired) electrons. The van der Waals surface area contributed by atoms with Gasteiger partial charge in [-0.1, -0.05) is 36.4 Å². The van der Waals surface area contributed by atoms with E-state index in [9.17, 15) is 19.8 Å². The quantitative estimate of drug-likeness (QED) is 0.163. The molecule has 0 saturated carbocycles. The number of aromatic carboxylic acids is 2. The van der Waals surface area contributed by atoms with Gasteiger partial charge in [0.25, 0.3) is 0 Å². The summed E-state index contributed by atoms with van der Waals surface area (Å²) in [6, 6.07) is 34.5. The van der Waals surface area contributed by atoms with Gasteiger partial charge in [-0.15, -0.1) is 22.7 Å². The van der Waals surface area contributed by atoms with Crippen LogP contribution < -0.4 is 4.90 Å². The summed E-state index contributed by atoms with van der Waals surface area (Å²) in [5, 5.41) is 20.4. The Morgan fingerprint density at radius 2 is 1.18 bits per heavy atom. The fraction of sp³-hybridized carbons (Fsp3) is 0.0263. The third-order valence-electron chi connectivity index (χ3n) is 8.24. The number of hydrogen-bond acceptors (Lipinski definition) is 8. The maximum absolute atomic E-state index is 12.1. The molecule has 8 aromatic rings. The number of fused-ring (bicyclic) bond motifs is 3. The summed E-state index contributed by atoms with van der Waals surface area (Å²) in [6.45, 7) is 0. The molecule has 2 N–H and O–H groups in total. The SMILES string of the molecule is Cn1c2cc(-c3ccnc(-c4cc(C(=O)O)cc(-c5cc(C(=O)O)ccn5)n4)c3)sc2c2sc(N(c3ccccc3)c3ccccc3)cc21. The van der Waals surface area contributed by atoms with Crippen molar-refractivity contribution in [3.8, 4) is 33.2 Å². The Kier molecular flexibility index (Phi) is 7.47. The highest BCUT2D eigenvalue weighted by Crippen LogP contribution is 2.47. The number of anilines is 3. The van der Waals surface area contributed by atoms with Crippen molar-refractivity contribution in [2.24, 2.45) is 7.05 Å². The van der Waals surface area contributed by atoms with Crippen molar-refractivity contribution in [2.75, 3.05) is 4.90 Å². The number of para-hydroxylation sites is 2. The number of rotatable bonds is 8. The first kappa shape index (κ1) is 30.2. The summed E-state index contributed by atoms with van der Waals surface area (Å²) in [4.78, 5) is 40.4. The Morgan fingerprint density at radius 1 is 0.633 bits per heavy atom. The van der Waals surface area contributed by atoms with Gasteiger partial charge in [0.2, 0.25) is 0 Å². The molecule has 6 heterocycles. The topological polar surface area (TPSA) is 121 Å². The lowest BCUT2D eigenvalue weighted by Crippen LogP contribution is -2.07. The first-order valence-electron chi connectivity index (χ1n) is 15.2. The molecule has 238 valence electrons. The Labute approximate surface area is 287 Å². The molecule has 2 aromatic carbocycles. The zero-order chi connectivity index (χ0) is 33.6. The maximum Gasteiger partial charge on any atom is 0.335 e. The lowest BCUT2D eigenvalue weighted by molar-refractivity contribution is 0.0686. The molecule has 0 saturated heterocycles. The van der Waals surface area contributed by atoms with Crippen LogP contribution in [0.25, 0.3) is 53.6 Å². The number of benzene rings is 2. The molecule has 6 aromatic heterocycles. The Bertz CT molecular complexity index is 2500. The number of aryl methyl sites for hydroxylation is 1. The third kappa shape index (κ3) is 5.50. The van der Waals surface area contributed by atoms with Crippen molar-refractivity contribution in [3.63, 3.8) is 0 Å². The van der Waals surface area contributed by atoms with E-state index in [2.05, 4.69) is 67.9 Å². The van der Waals surface area contributed by atoms with E-state index in [1.165, 1.54) is 39.9 Å². The Balaban J connectivity index is 1.20. The summed E-state index contributed by atoms with van der Waals surface area (Å²) < 4.78 is 4.61. The van der Waals surface area contributed by atoms with Gasteiger partial charge >= 0.3 is 11.9 Å². The van der Waals surface area contributed by atoms with E-state index in [0.29, 0.717) is 11.4 Å². The van der Waals surface area contributed by atoms with E-state index in [0.717, 1.165) is 37.8 Å². The van der Waals surface area contributed by atoms with E-state index in [1.807, 2.05) is 48.5 Å². The molecule has 0 spiro atoms. The number of hydrogen-bond donors (Lipinski definition) is 2. The van der Waals surface area contributed by atoms with Crippen molar-refractivity contribution in [1.82, 2.24) is 19.5 Å². The second-order valence-corrected chi connectivity index (χ2v) is 13.4. The van der Waals surface area contributed by atoms with E-state index >= 15 is 0 Å². The van der Waals surface area contributed by atoms with Crippen molar-refractivity contribution in [3.05, 3.63) is 133 Å². The van der Waals surface area contributed by atoms with E-state index in [-0.39, 0.29) is 22.5 Å². The largest absolute Gasteiger partial charge is 0.478 e. The maximum atomic E-state index is 12.1. The zero-order valence-electron chi connectivity index (χ0n) is 25.8. The van der Waals surface area contributed by atoms with Crippen LogP contribution >= 0.6 is 22.7 Å². The highest BCUT2D eigenvalue weighted by molar-refractivity contribution is 7.30. The second kappa shape index (κ2) is 12.1. The van der Waals surface area contributed by atoms with Crippen LogP contribution in [0.4, 0.5) is 16.4 Å². The highest BCUT2D eigenvalue weighted by atomic mass is 32.1. The average molecular weight is 680 g/mol. The standard InChI is InChI=1S/C38H25N5O4S2/c1-42-31-20-33(48-35(31)36-32(42)21-34(49-36)43(25-8-4-2-5-9-25)26-10-6-3-7-11-26)22-12-14-39-27(16-22)29-18-24(38(46)47)19-30(41-29)28-17-23(37(44)45)13-15-40-28/h2-21H,1H3,(H,44,45)(H,46,47). The van der Waals surface area contributed by atoms with Gasteiger partial charge in [0.05, 0.1) is 54.3 Å². The molecule has 0 aliphatic carbocycles. The second-order valence-electron chi connectivity index (χ2n) is 11.3. The van der Waals surface area contributed by atoms with Crippen LogP contribution in [0.3, 0.4) is 0 Å². The van der Waals surface area contributed by atoms with Crippen LogP contribution in [0.2, 0.25) is 0 Å². The minimum Gasteiger partial charge on any atom is -0.478 e. The number of thiophene rings is 2. The molecule has 0 atom stereocenters. The smallest absolute Gasteiger partial charge is 0.335 e. The fourth-order valence-corrected chi connectivity index (χ4v) is 8.42. The highest BCUT2D eigenvalue weighted by Gasteiger charge is 2.21. The number of carboxylic acids is 2. The molecule has 0 fully saturated rings. The van der Waals surface area contributed by atoms with Crippen LogP contribution in [0.1, 0.15) is 20.7 Å². The predicted molar refractivity (Wildman–Crippen MR) is 194 cm³/mol. The number of carboxylic acid groups (broad SMARTS) is 2.